The summed E-state index contributed by atoms with van der Waals surface area (Å²) in [5.74, 6) is 0.505. The van der Waals surface area contributed by atoms with E-state index >= 15 is 0 Å². The molecule has 138 valence electrons. The van der Waals surface area contributed by atoms with Gasteiger partial charge in [-0.2, -0.15) is 0 Å². The van der Waals surface area contributed by atoms with Crippen LogP contribution in [0.2, 0.25) is 0 Å². The van der Waals surface area contributed by atoms with Crippen LogP contribution >= 0.6 is 0 Å². The first-order valence-electron chi connectivity index (χ1n) is 9.15. The maximum absolute atomic E-state index is 12.2. The molecule has 0 spiro atoms. The van der Waals surface area contributed by atoms with Gasteiger partial charge in [-0.05, 0) is 61.9 Å². The first-order chi connectivity index (χ1) is 12.6. The minimum absolute atomic E-state index is 0.160. The number of amides is 1. The van der Waals surface area contributed by atoms with Crippen molar-refractivity contribution < 1.29 is 9.53 Å². The number of hydrogen-bond donors (Lipinski definition) is 2. The Morgan fingerprint density at radius 2 is 1.85 bits per heavy atom. The fourth-order valence-corrected chi connectivity index (χ4v) is 3.21. The van der Waals surface area contributed by atoms with Gasteiger partial charge in [-0.15, -0.1) is 10.2 Å². The molecule has 1 saturated heterocycles. The molecule has 1 aliphatic heterocycles. The lowest BCUT2D eigenvalue weighted by Gasteiger charge is -2.22. The molecule has 0 bridgehead atoms. The van der Waals surface area contributed by atoms with Crippen LogP contribution in [-0.2, 0) is 11.2 Å². The Morgan fingerprint density at radius 1 is 1.12 bits per heavy atom. The van der Waals surface area contributed by atoms with E-state index in [1.54, 1.807) is 12.1 Å². The molecular formula is C20H26N4O2. The molecule has 1 amide bonds. The predicted octanol–water partition coefficient (Wildman–Crippen LogP) is 2.66. The van der Waals surface area contributed by atoms with E-state index in [0.717, 1.165) is 25.8 Å². The molecule has 1 fully saturated rings. The summed E-state index contributed by atoms with van der Waals surface area (Å²) in [6.45, 7) is 6.43. The number of carbonyl (C=O) groups is 1. The van der Waals surface area contributed by atoms with Crippen molar-refractivity contribution >= 4 is 11.7 Å². The highest BCUT2D eigenvalue weighted by Gasteiger charge is 2.17. The van der Waals surface area contributed by atoms with E-state index in [2.05, 4.69) is 52.9 Å². The minimum Gasteiger partial charge on any atom is -0.381 e. The van der Waals surface area contributed by atoms with Gasteiger partial charge in [-0.25, -0.2) is 0 Å². The van der Waals surface area contributed by atoms with Gasteiger partial charge in [0.2, 0.25) is 0 Å². The second-order valence-corrected chi connectivity index (χ2v) is 6.71. The van der Waals surface area contributed by atoms with E-state index in [1.807, 2.05) is 0 Å². The van der Waals surface area contributed by atoms with Gasteiger partial charge in [0.25, 0.3) is 5.91 Å². The normalized spacial score (nSPS) is 14.8. The van der Waals surface area contributed by atoms with E-state index in [9.17, 15) is 4.79 Å². The zero-order valence-electron chi connectivity index (χ0n) is 15.4. The minimum atomic E-state index is -0.175. The van der Waals surface area contributed by atoms with Crippen LogP contribution in [0.25, 0.3) is 0 Å². The number of rotatable bonds is 6. The summed E-state index contributed by atoms with van der Waals surface area (Å²) in [5.41, 5.74) is 4.31. The summed E-state index contributed by atoms with van der Waals surface area (Å²) in [7, 11) is 0. The van der Waals surface area contributed by atoms with E-state index < -0.39 is 0 Å². The molecule has 1 aromatic heterocycles. The summed E-state index contributed by atoms with van der Waals surface area (Å²) in [6, 6.07) is 10.0. The van der Waals surface area contributed by atoms with Crippen LogP contribution in [0.3, 0.4) is 0 Å². The van der Waals surface area contributed by atoms with Crippen LogP contribution in [0, 0.1) is 13.8 Å². The zero-order valence-corrected chi connectivity index (χ0v) is 15.4. The number of hydrogen-bond acceptors (Lipinski definition) is 5. The molecule has 0 aliphatic carbocycles. The smallest absolute Gasteiger partial charge is 0.272 e. The van der Waals surface area contributed by atoms with Crippen LogP contribution in [-0.4, -0.2) is 41.9 Å². The average Bonchev–Trinajstić information content (AvgIpc) is 2.65. The van der Waals surface area contributed by atoms with Crippen molar-refractivity contribution in [1.29, 1.82) is 0 Å². The number of aromatic nitrogens is 2. The van der Waals surface area contributed by atoms with Crippen LogP contribution in [0.5, 0.6) is 0 Å². The number of ether oxygens (including phenoxy) is 1. The van der Waals surface area contributed by atoms with Gasteiger partial charge in [-0.1, -0.05) is 18.2 Å². The van der Waals surface area contributed by atoms with Crippen LogP contribution in [0.1, 0.15) is 40.0 Å². The molecule has 1 aliphatic rings. The Bertz CT molecular complexity index is 720. The summed E-state index contributed by atoms with van der Waals surface area (Å²) in [6.07, 6.45) is 2.61. The van der Waals surface area contributed by atoms with Crippen molar-refractivity contribution in [3.63, 3.8) is 0 Å². The maximum Gasteiger partial charge on any atom is 0.272 e. The third-order valence-electron chi connectivity index (χ3n) is 4.78. The van der Waals surface area contributed by atoms with Crippen LogP contribution in [0.4, 0.5) is 5.82 Å². The molecule has 2 heterocycles. The Kier molecular flexibility index (Phi) is 6.17. The van der Waals surface area contributed by atoms with Crippen molar-refractivity contribution in [3.8, 4) is 0 Å². The molecule has 6 nitrogen and oxygen atoms in total. The van der Waals surface area contributed by atoms with E-state index in [1.165, 1.54) is 16.7 Å². The van der Waals surface area contributed by atoms with Gasteiger partial charge in [-0.3, -0.25) is 4.79 Å². The third-order valence-corrected chi connectivity index (χ3v) is 4.78. The maximum atomic E-state index is 12.2. The molecule has 2 aromatic rings. The van der Waals surface area contributed by atoms with Gasteiger partial charge >= 0.3 is 0 Å². The molecule has 0 atom stereocenters. The fourth-order valence-electron chi connectivity index (χ4n) is 3.21. The largest absolute Gasteiger partial charge is 0.381 e. The van der Waals surface area contributed by atoms with Gasteiger partial charge in [0.15, 0.2) is 5.69 Å². The molecule has 2 N–H and O–H groups in total. The van der Waals surface area contributed by atoms with E-state index in [-0.39, 0.29) is 11.9 Å². The predicted molar refractivity (Wildman–Crippen MR) is 101 cm³/mol. The monoisotopic (exact) mass is 354 g/mol. The molecule has 0 radical (unpaired) electrons. The van der Waals surface area contributed by atoms with Gasteiger partial charge in [0.05, 0.1) is 0 Å². The molecule has 6 heteroatoms. The summed E-state index contributed by atoms with van der Waals surface area (Å²) < 4.78 is 5.30. The Morgan fingerprint density at radius 3 is 2.50 bits per heavy atom. The molecular weight excluding hydrogens is 328 g/mol. The lowest BCUT2D eigenvalue weighted by molar-refractivity contribution is 0.0693. The fraction of sp³-hybridized carbons (Fsp3) is 0.450. The second kappa shape index (κ2) is 8.76. The zero-order chi connectivity index (χ0) is 18.4. The summed E-state index contributed by atoms with van der Waals surface area (Å²) >= 11 is 0. The Hall–Kier alpha value is -2.47. The Balaban J connectivity index is 1.50. The van der Waals surface area contributed by atoms with Gasteiger partial charge in [0, 0.05) is 25.8 Å². The summed E-state index contributed by atoms with van der Waals surface area (Å²) in [4.78, 5) is 12.2. The van der Waals surface area contributed by atoms with E-state index in [0.29, 0.717) is 24.7 Å². The third kappa shape index (κ3) is 4.79. The highest BCUT2D eigenvalue weighted by atomic mass is 16.5. The molecule has 26 heavy (non-hydrogen) atoms. The average molecular weight is 354 g/mol. The van der Waals surface area contributed by atoms with Crippen molar-refractivity contribution in [2.24, 2.45) is 0 Å². The highest BCUT2D eigenvalue weighted by molar-refractivity contribution is 5.92. The number of anilines is 1. The lowest BCUT2D eigenvalue weighted by Crippen LogP contribution is -2.39. The first-order valence-corrected chi connectivity index (χ1v) is 9.15. The number of nitrogens with zero attached hydrogens (tertiary/aromatic N) is 2. The van der Waals surface area contributed by atoms with Crippen molar-refractivity contribution in [3.05, 3.63) is 52.7 Å². The molecule has 3 rings (SSSR count). The second-order valence-electron chi connectivity index (χ2n) is 6.71. The first kappa shape index (κ1) is 18.3. The van der Waals surface area contributed by atoms with Gasteiger partial charge in [0.1, 0.15) is 5.82 Å². The van der Waals surface area contributed by atoms with Crippen molar-refractivity contribution in [2.75, 3.05) is 25.1 Å². The number of benzene rings is 1. The van der Waals surface area contributed by atoms with E-state index in [4.69, 9.17) is 4.74 Å². The SMILES string of the molecule is Cc1cccc(C)c1CCNc1ccc(C(=O)NC2CCOCC2)nn1. The van der Waals surface area contributed by atoms with Crippen LogP contribution in [0.15, 0.2) is 30.3 Å². The molecule has 1 aromatic carbocycles. The topological polar surface area (TPSA) is 76.1 Å². The van der Waals surface area contributed by atoms with Crippen molar-refractivity contribution in [2.45, 2.75) is 39.2 Å². The molecule has 0 unspecified atom stereocenters. The van der Waals surface area contributed by atoms with Crippen molar-refractivity contribution in [1.82, 2.24) is 15.5 Å². The number of carbonyl (C=O) groups excluding carboxylic acids is 1. The number of nitrogens with one attached hydrogen (secondary N) is 2. The standard InChI is InChI=1S/C20H26N4O2/c1-14-4-3-5-15(2)17(14)8-11-21-19-7-6-18(23-24-19)20(25)22-16-9-12-26-13-10-16/h3-7,16H,8-13H2,1-2H3,(H,21,24)(H,22,25). The lowest BCUT2D eigenvalue weighted by atomic mass is 10.0. The highest BCUT2D eigenvalue weighted by Crippen LogP contribution is 2.14. The summed E-state index contributed by atoms with van der Waals surface area (Å²) in [5, 5.41) is 14.4. The quantitative estimate of drug-likeness (QED) is 0.834. The van der Waals surface area contributed by atoms with Crippen LogP contribution < -0.4 is 10.6 Å². The molecule has 0 saturated carbocycles. The van der Waals surface area contributed by atoms with Gasteiger partial charge < -0.3 is 15.4 Å². The Labute approximate surface area is 154 Å². The number of aryl methyl sites for hydroxylation is 2.